The van der Waals surface area contributed by atoms with E-state index in [2.05, 4.69) is 15.3 Å². The van der Waals surface area contributed by atoms with Crippen molar-refractivity contribution in [3.05, 3.63) is 12.0 Å². The molecule has 0 bridgehead atoms. The number of aliphatic imine (C=N–C) groups is 1. The number of aliphatic hydroxyl groups excluding tert-OH is 1. The van der Waals surface area contributed by atoms with E-state index in [1.54, 1.807) is 4.57 Å². The topological polar surface area (TPSA) is 121 Å². The molecule has 3 atom stereocenters. The van der Waals surface area contributed by atoms with E-state index in [4.69, 9.17) is 15.7 Å². The molecule has 88 valence electrons. The molecule has 0 radical (unpaired) electrons. The van der Waals surface area contributed by atoms with Gasteiger partial charge in [0, 0.05) is 0 Å². The van der Waals surface area contributed by atoms with Crippen molar-refractivity contribution in [1.29, 1.82) is 5.26 Å². The third-order valence-electron chi connectivity index (χ3n) is 2.91. The highest BCUT2D eigenvalue weighted by molar-refractivity contribution is 5.74. The predicted molar refractivity (Wildman–Crippen MR) is 57.0 cm³/mol. The lowest BCUT2D eigenvalue weighted by molar-refractivity contribution is 0.100. The number of hydrogen-bond acceptors (Lipinski definition) is 7. The van der Waals surface area contributed by atoms with E-state index in [9.17, 15) is 5.11 Å². The first kappa shape index (κ1) is 9.92. The molecule has 0 aliphatic carbocycles. The van der Waals surface area contributed by atoms with Crippen molar-refractivity contribution in [2.75, 3.05) is 11.9 Å². The Kier molecular flexibility index (Phi) is 1.96. The van der Waals surface area contributed by atoms with Gasteiger partial charge in [-0.05, 0) is 0 Å². The molecule has 3 rings (SSSR count). The Balaban J connectivity index is 2.09. The molecule has 0 saturated heterocycles. The molecule has 0 amide bonds. The summed E-state index contributed by atoms with van der Waals surface area (Å²) in [6, 6.07) is 1.70. The molecule has 1 unspecified atom stereocenters. The first-order chi connectivity index (χ1) is 8.24. The SMILES string of the molecule is N#Cc1ncn2c1NC(CO)[C@H]1OC(N)=N[C@H]12. The summed E-state index contributed by atoms with van der Waals surface area (Å²) in [6.07, 6.45) is 0.753. The zero-order valence-electron chi connectivity index (χ0n) is 8.74. The van der Waals surface area contributed by atoms with Gasteiger partial charge in [0.2, 0.25) is 0 Å². The van der Waals surface area contributed by atoms with Crippen molar-refractivity contribution in [3.8, 4) is 6.07 Å². The molecule has 17 heavy (non-hydrogen) atoms. The number of nitriles is 1. The minimum Gasteiger partial charge on any atom is -0.455 e. The third-order valence-corrected chi connectivity index (χ3v) is 2.91. The molecule has 2 aliphatic rings. The number of nitrogens with one attached hydrogen (secondary N) is 1. The maximum absolute atomic E-state index is 9.30. The van der Waals surface area contributed by atoms with Gasteiger partial charge in [-0.25, -0.2) is 9.98 Å². The van der Waals surface area contributed by atoms with Crippen LogP contribution in [0.15, 0.2) is 11.3 Å². The van der Waals surface area contributed by atoms with Crippen LogP contribution in [0.3, 0.4) is 0 Å². The number of fused-ring (bicyclic) bond motifs is 3. The number of anilines is 1. The summed E-state index contributed by atoms with van der Waals surface area (Å²) in [7, 11) is 0. The van der Waals surface area contributed by atoms with Gasteiger partial charge >= 0.3 is 0 Å². The van der Waals surface area contributed by atoms with Gasteiger partial charge in [-0.3, -0.25) is 4.57 Å². The van der Waals surface area contributed by atoms with Crippen molar-refractivity contribution in [3.63, 3.8) is 0 Å². The second kappa shape index (κ2) is 3.36. The molecule has 1 aromatic heterocycles. The van der Waals surface area contributed by atoms with E-state index in [1.807, 2.05) is 6.07 Å². The number of ether oxygens (including phenoxy) is 1. The van der Waals surface area contributed by atoms with Crippen molar-refractivity contribution >= 4 is 11.8 Å². The highest BCUT2D eigenvalue weighted by Crippen LogP contribution is 2.35. The third kappa shape index (κ3) is 1.26. The fourth-order valence-electron chi connectivity index (χ4n) is 2.14. The van der Waals surface area contributed by atoms with Crippen molar-refractivity contribution < 1.29 is 9.84 Å². The van der Waals surface area contributed by atoms with Crippen LogP contribution in [0.25, 0.3) is 0 Å². The van der Waals surface area contributed by atoms with E-state index >= 15 is 0 Å². The lowest BCUT2D eigenvalue weighted by Gasteiger charge is -2.33. The normalized spacial score (nSPS) is 29.4. The van der Waals surface area contributed by atoms with E-state index in [-0.39, 0.29) is 36.6 Å². The number of aromatic nitrogens is 2. The summed E-state index contributed by atoms with van der Waals surface area (Å²) in [5.41, 5.74) is 5.79. The number of nitrogens with zero attached hydrogens (tertiary/aromatic N) is 4. The maximum Gasteiger partial charge on any atom is 0.284 e. The average molecular weight is 234 g/mol. The van der Waals surface area contributed by atoms with Crippen LogP contribution < -0.4 is 11.1 Å². The first-order valence-corrected chi connectivity index (χ1v) is 5.09. The molecule has 8 nitrogen and oxygen atoms in total. The fraction of sp³-hybridized carbons (Fsp3) is 0.444. The monoisotopic (exact) mass is 234 g/mol. The summed E-state index contributed by atoms with van der Waals surface area (Å²) in [6.45, 7) is -0.139. The number of imidazole rings is 1. The van der Waals surface area contributed by atoms with Gasteiger partial charge < -0.3 is 20.9 Å². The Morgan fingerprint density at radius 1 is 1.71 bits per heavy atom. The molecule has 0 saturated carbocycles. The van der Waals surface area contributed by atoms with E-state index in [1.165, 1.54) is 6.33 Å². The minimum absolute atomic E-state index is 0.0836. The summed E-state index contributed by atoms with van der Waals surface area (Å²) in [5, 5.41) is 21.2. The van der Waals surface area contributed by atoms with Crippen LogP contribution in [0.4, 0.5) is 5.82 Å². The highest BCUT2D eigenvalue weighted by atomic mass is 16.5. The maximum atomic E-state index is 9.30. The van der Waals surface area contributed by atoms with Crippen LogP contribution in [-0.2, 0) is 4.74 Å². The average Bonchev–Trinajstić information content (AvgIpc) is 2.89. The molecular weight excluding hydrogens is 224 g/mol. The van der Waals surface area contributed by atoms with E-state index in [0.717, 1.165) is 0 Å². The van der Waals surface area contributed by atoms with Gasteiger partial charge in [-0.2, -0.15) is 5.26 Å². The van der Waals surface area contributed by atoms with Crippen LogP contribution >= 0.6 is 0 Å². The molecule has 3 heterocycles. The Hall–Kier alpha value is -2.27. The van der Waals surface area contributed by atoms with E-state index < -0.39 is 0 Å². The van der Waals surface area contributed by atoms with Gasteiger partial charge in [-0.15, -0.1) is 0 Å². The smallest absolute Gasteiger partial charge is 0.284 e. The van der Waals surface area contributed by atoms with E-state index in [0.29, 0.717) is 5.82 Å². The van der Waals surface area contributed by atoms with Gasteiger partial charge in [0.05, 0.1) is 19.0 Å². The van der Waals surface area contributed by atoms with Crippen molar-refractivity contribution in [2.45, 2.75) is 18.3 Å². The number of nitrogens with two attached hydrogens (primary N) is 1. The molecular formula is C9H10N6O2. The predicted octanol–water partition coefficient (Wildman–Crippen LogP) is -1.25. The lowest BCUT2D eigenvalue weighted by atomic mass is 10.1. The quantitative estimate of drug-likeness (QED) is 0.558. The number of aliphatic hydroxyl groups is 1. The number of hydrogen-bond donors (Lipinski definition) is 3. The number of amidine groups is 1. The van der Waals surface area contributed by atoms with Crippen molar-refractivity contribution in [2.24, 2.45) is 10.7 Å². The molecule has 0 fully saturated rings. The highest BCUT2D eigenvalue weighted by Gasteiger charge is 2.43. The summed E-state index contributed by atoms with van der Waals surface area (Å²) >= 11 is 0. The summed E-state index contributed by atoms with van der Waals surface area (Å²) in [4.78, 5) is 8.09. The molecule has 2 aliphatic heterocycles. The molecule has 8 heteroatoms. The lowest BCUT2D eigenvalue weighted by Crippen LogP contribution is -2.46. The van der Waals surface area contributed by atoms with Crippen molar-refractivity contribution in [1.82, 2.24) is 9.55 Å². The zero-order chi connectivity index (χ0) is 12.0. The van der Waals surface area contributed by atoms with Crippen LogP contribution in [0.1, 0.15) is 11.9 Å². The number of rotatable bonds is 1. The molecule has 0 aromatic carbocycles. The second-order valence-electron chi connectivity index (χ2n) is 3.86. The van der Waals surface area contributed by atoms with Crippen LogP contribution in [0, 0.1) is 11.3 Å². The second-order valence-corrected chi connectivity index (χ2v) is 3.86. The van der Waals surface area contributed by atoms with Gasteiger partial charge in [-0.1, -0.05) is 0 Å². The van der Waals surface area contributed by atoms with Gasteiger partial charge in [0.1, 0.15) is 11.9 Å². The van der Waals surface area contributed by atoms with Crippen LogP contribution in [0.2, 0.25) is 0 Å². The first-order valence-electron chi connectivity index (χ1n) is 5.09. The summed E-state index contributed by atoms with van der Waals surface area (Å²) < 4.78 is 7.03. The Bertz CT molecular complexity index is 530. The zero-order valence-corrected chi connectivity index (χ0v) is 8.74. The molecule has 0 spiro atoms. The molecule has 4 N–H and O–H groups in total. The van der Waals surface area contributed by atoms with Gasteiger partial charge in [0.25, 0.3) is 6.02 Å². The van der Waals surface area contributed by atoms with Crippen LogP contribution in [0.5, 0.6) is 0 Å². The Morgan fingerprint density at radius 2 is 2.53 bits per heavy atom. The Labute approximate surface area is 96.3 Å². The van der Waals surface area contributed by atoms with Crippen LogP contribution in [-0.4, -0.2) is 39.4 Å². The molecule has 1 aromatic rings. The largest absolute Gasteiger partial charge is 0.455 e. The standard InChI is InChI=1S/C9H10N6O2/c10-1-4-7-13-5(2-16)6-8(14-9(11)17-6)15(7)3-12-4/h3,5-6,8,13,16H,2H2,(H2,11,14)/t5?,6-,8+/m1/s1. The minimum atomic E-state index is -0.381. The Morgan fingerprint density at radius 3 is 3.24 bits per heavy atom. The summed E-state index contributed by atoms with van der Waals surface area (Å²) in [5.74, 6) is 0.537. The fourth-order valence-corrected chi connectivity index (χ4v) is 2.14. The van der Waals surface area contributed by atoms with Gasteiger partial charge in [0.15, 0.2) is 18.0 Å².